The van der Waals surface area contributed by atoms with Crippen LogP contribution in [0.4, 0.5) is 0 Å². The summed E-state index contributed by atoms with van der Waals surface area (Å²) in [6, 6.07) is 9.34. The average molecular weight is 380 g/mol. The molecule has 1 N–H and O–H groups in total. The number of hydrogen-bond acceptors (Lipinski definition) is 6. The Balaban J connectivity index is 2.64. The summed E-state index contributed by atoms with van der Waals surface area (Å²) >= 11 is 0. The van der Waals surface area contributed by atoms with Crippen LogP contribution >= 0.6 is 0 Å². The Hall–Kier alpha value is -1.00. The van der Waals surface area contributed by atoms with E-state index in [0.717, 1.165) is 11.8 Å². The molecule has 0 amide bonds. The lowest BCUT2D eigenvalue weighted by Gasteiger charge is -2.22. The van der Waals surface area contributed by atoms with E-state index in [4.69, 9.17) is 8.92 Å². The molecule has 1 atom stereocenters. The summed E-state index contributed by atoms with van der Waals surface area (Å²) in [4.78, 5) is 0. The maximum Gasteiger partial charge on any atom is 0.264 e. The van der Waals surface area contributed by atoms with Crippen LogP contribution in [0, 0.1) is 0 Å². The molecule has 9 heteroatoms. The first kappa shape index (κ1) is 21.0. The van der Waals surface area contributed by atoms with Crippen molar-refractivity contribution < 1.29 is 25.8 Å². The second-order valence-corrected chi connectivity index (χ2v) is 10.5. The van der Waals surface area contributed by atoms with E-state index in [1.54, 1.807) is 20.8 Å². The highest BCUT2D eigenvalue weighted by Gasteiger charge is 2.30. The number of benzene rings is 1. The zero-order valence-corrected chi connectivity index (χ0v) is 16.0. The Bertz CT molecular complexity index is 708. The summed E-state index contributed by atoms with van der Waals surface area (Å²) < 4.78 is 58.5. The van der Waals surface area contributed by atoms with Crippen molar-refractivity contribution in [2.24, 2.45) is 0 Å². The largest absolute Gasteiger partial charge is 0.374 e. The predicted molar refractivity (Wildman–Crippen MR) is 92.5 cm³/mol. The van der Waals surface area contributed by atoms with Crippen LogP contribution < -0.4 is 4.72 Å². The Morgan fingerprint density at radius 1 is 1.08 bits per heavy atom. The van der Waals surface area contributed by atoms with Crippen molar-refractivity contribution in [1.29, 1.82) is 0 Å². The molecule has 0 radical (unpaired) electrons. The van der Waals surface area contributed by atoms with E-state index in [0.29, 0.717) is 0 Å². The highest BCUT2D eigenvalue weighted by atomic mass is 32.2. The van der Waals surface area contributed by atoms with Crippen molar-refractivity contribution in [3.05, 3.63) is 35.9 Å². The van der Waals surface area contributed by atoms with Gasteiger partial charge in [-0.1, -0.05) is 30.3 Å². The molecule has 138 valence electrons. The summed E-state index contributed by atoms with van der Waals surface area (Å²) in [5.41, 5.74) is 0.922. The van der Waals surface area contributed by atoms with Gasteiger partial charge in [0.15, 0.2) is 0 Å². The predicted octanol–water partition coefficient (Wildman–Crippen LogP) is 1.27. The second kappa shape index (κ2) is 8.39. The summed E-state index contributed by atoms with van der Waals surface area (Å²) in [5, 5.41) is 0. The standard InChI is InChI=1S/C15H25NO6S2/c1-15(2,3)24(19,20)16-10-14(22-23(4,17)18)12-21-11-13-8-6-5-7-9-13/h5-9,14,16H,10-12H2,1-4H3. The summed E-state index contributed by atoms with van der Waals surface area (Å²) in [6.45, 7) is 4.67. The number of ether oxygens (including phenoxy) is 1. The molecule has 1 aromatic rings. The fraction of sp³-hybridized carbons (Fsp3) is 0.600. The topological polar surface area (TPSA) is 98.8 Å². The first-order chi connectivity index (χ1) is 10.9. The average Bonchev–Trinajstić information content (AvgIpc) is 2.43. The van der Waals surface area contributed by atoms with Crippen molar-refractivity contribution in [3.8, 4) is 0 Å². The van der Waals surface area contributed by atoms with Gasteiger partial charge >= 0.3 is 0 Å². The van der Waals surface area contributed by atoms with E-state index in [1.165, 1.54) is 0 Å². The SMILES string of the molecule is CC(C)(C)S(=O)(=O)NCC(COCc1ccccc1)OS(C)(=O)=O. The smallest absolute Gasteiger partial charge is 0.264 e. The zero-order chi connectivity index (χ0) is 18.4. The zero-order valence-electron chi connectivity index (χ0n) is 14.4. The second-order valence-electron chi connectivity index (χ2n) is 6.39. The van der Waals surface area contributed by atoms with E-state index in [1.807, 2.05) is 30.3 Å². The van der Waals surface area contributed by atoms with E-state index >= 15 is 0 Å². The Morgan fingerprint density at radius 2 is 1.67 bits per heavy atom. The van der Waals surface area contributed by atoms with E-state index in [9.17, 15) is 16.8 Å². The van der Waals surface area contributed by atoms with Crippen LogP contribution in [0.25, 0.3) is 0 Å². The van der Waals surface area contributed by atoms with Crippen molar-refractivity contribution in [2.45, 2.75) is 38.2 Å². The van der Waals surface area contributed by atoms with Crippen LogP contribution in [0.1, 0.15) is 26.3 Å². The maximum absolute atomic E-state index is 12.1. The van der Waals surface area contributed by atoms with Crippen LogP contribution in [0.3, 0.4) is 0 Å². The minimum absolute atomic E-state index is 0.0609. The van der Waals surface area contributed by atoms with Crippen LogP contribution in [0.5, 0.6) is 0 Å². The lowest BCUT2D eigenvalue weighted by Crippen LogP contribution is -2.44. The third-order valence-electron chi connectivity index (χ3n) is 3.03. The number of sulfonamides is 1. The first-order valence-corrected chi connectivity index (χ1v) is 10.7. The van der Waals surface area contributed by atoms with Crippen molar-refractivity contribution >= 4 is 20.1 Å². The first-order valence-electron chi connectivity index (χ1n) is 7.40. The quantitative estimate of drug-likeness (QED) is 0.649. The fourth-order valence-electron chi connectivity index (χ4n) is 1.67. The molecule has 0 aromatic heterocycles. The molecule has 1 rings (SSSR count). The molecule has 0 aliphatic heterocycles. The molecule has 0 bridgehead atoms. The van der Waals surface area contributed by atoms with Gasteiger partial charge < -0.3 is 4.74 Å². The molecule has 1 unspecified atom stereocenters. The molecule has 0 fully saturated rings. The van der Waals surface area contributed by atoms with Gasteiger partial charge in [-0.3, -0.25) is 4.18 Å². The lowest BCUT2D eigenvalue weighted by molar-refractivity contribution is 0.0468. The van der Waals surface area contributed by atoms with Gasteiger partial charge in [0, 0.05) is 6.54 Å². The van der Waals surface area contributed by atoms with Gasteiger partial charge in [-0.05, 0) is 26.3 Å². The number of hydrogen-bond donors (Lipinski definition) is 1. The monoisotopic (exact) mass is 379 g/mol. The minimum Gasteiger partial charge on any atom is -0.374 e. The van der Waals surface area contributed by atoms with Crippen molar-refractivity contribution in [1.82, 2.24) is 4.72 Å². The van der Waals surface area contributed by atoms with Gasteiger partial charge in [-0.2, -0.15) is 8.42 Å². The van der Waals surface area contributed by atoms with Crippen LogP contribution in [-0.2, 0) is 35.7 Å². The molecule has 24 heavy (non-hydrogen) atoms. The van der Waals surface area contributed by atoms with Crippen LogP contribution in [0.15, 0.2) is 30.3 Å². The highest BCUT2D eigenvalue weighted by molar-refractivity contribution is 7.90. The Morgan fingerprint density at radius 3 is 2.17 bits per heavy atom. The molecule has 0 saturated heterocycles. The van der Waals surface area contributed by atoms with Crippen LogP contribution in [-0.4, -0.2) is 47.1 Å². The Labute approximate surface area is 144 Å². The molecular formula is C15H25NO6S2. The molecule has 0 heterocycles. The van der Waals surface area contributed by atoms with Crippen LogP contribution in [0.2, 0.25) is 0 Å². The van der Waals surface area contributed by atoms with E-state index in [-0.39, 0.29) is 19.8 Å². The van der Waals surface area contributed by atoms with Gasteiger partial charge in [-0.15, -0.1) is 0 Å². The van der Waals surface area contributed by atoms with Gasteiger partial charge in [-0.25, -0.2) is 13.1 Å². The van der Waals surface area contributed by atoms with Crippen molar-refractivity contribution in [3.63, 3.8) is 0 Å². The fourth-order valence-corrected chi connectivity index (χ4v) is 3.13. The summed E-state index contributed by atoms with van der Waals surface area (Å²) in [6.07, 6.45) is -0.0315. The van der Waals surface area contributed by atoms with Gasteiger partial charge in [0.2, 0.25) is 10.0 Å². The molecule has 0 aliphatic rings. The molecule has 0 spiro atoms. The maximum atomic E-state index is 12.1. The normalized spacial score (nSPS) is 14.5. The lowest BCUT2D eigenvalue weighted by atomic mass is 10.2. The third kappa shape index (κ3) is 7.71. The molecular weight excluding hydrogens is 354 g/mol. The minimum atomic E-state index is -3.74. The molecule has 0 aliphatic carbocycles. The number of nitrogens with one attached hydrogen (secondary N) is 1. The summed E-state index contributed by atoms with van der Waals surface area (Å²) in [5.74, 6) is 0. The van der Waals surface area contributed by atoms with Crippen molar-refractivity contribution in [2.75, 3.05) is 19.4 Å². The molecule has 1 aromatic carbocycles. The Kier molecular flexibility index (Phi) is 7.36. The van der Waals surface area contributed by atoms with Gasteiger partial charge in [0.05, 0.1) is 24.2 Å². The van der Waals surface area contributed by atoms with E-state index in [2.05, 4.69) is 4.72 Å². The third-order valence-corrected chi connectivity index (χ3v) is 5.81. The number of rotatable bonds is 9. The van der Waals surface area contributed by atoms with Gasteiger partial charge in [0.1, 0.15) is 6.10 Å². The molecule has 7 nitrogen and oxygen atoms in total. The van der Waals surface area contributed by atoms with E-state index < -0.39 is 31.0 Å². The summed E-state index contributed by atoms with van der Waals surface area (Å²) in [7, 11) is -7.34. The molecule has 0 saturated carbocycles. The highest BCUT2D eigenvalue weighted by Crippen LogP contribution is 2.13. The van der Waals surface area contributed by atoms with Gasteiger partial charge in [0.25, 0.3) is 10.1 Å².